The number of piperazine rings is 1. The number of hydrogen-bond acceptors (Lipinski definition) is 5. The van der Waals surface area contributed by atoms with E-state index in [0.717, 1.165) is 54.7 Å². The zero-order valence-electron chi connectivity index (χ0n) is 16.0. The van der Waals surface area contributed by atoms with Gasteiger partial charge in [0, 0.05) is 33.2 Å². The lowest BCUT2D eigenvalue weighted by Crippen LogP contribution is -2.48. The molecule has 140 valence electrons. The Bertz CT molecular complexity index is 778. The van der Waals surface area contributed by atoms with E-state index >= 15 is 0 Å². The van der Waals surface area contributed by atoms with Crippen molar-refractivity contribution >= 4 is 17.3 Å². The van der Waals surface area contributed by atoms with Crippen molar-refractivity contribution in [3.8, 4) is 5.75 Å². The second kappa shape index (κ2) is 7.78. The number of anilines is 2. The van der Waals surface area contributed by atoms with Gasteiger partial charge in [-0.25, -0.2) is 0 Å². The number of benzene rings is 1. The fourth-order valence-corrected chi connectivity index (χ4v) is 3.37. The van der Waals surface area contributed by atoms with Crippen LogP contribution in [0.4, 0.5) is 11.4 Å². The maximum atomic E-state index is 12.4. The Morgan fingerprint density at radius 3 is 2.50 bits per heavy atom. The molecule has 1 saturated heterocycles. The number of aromatic nitrogens is 2. The molecule has 0 spiro atoms. The molecule has 26 heavy (non-hydrogen) atoms. The normalized spacial score (nSPS) is 15.2. The van der Waals surface area contributed by atoms with Gasteiger partial charge in [-0.1, -0.05) is 12.1 Å². The molecule has 2 aromatic rings. The maximum absolute atomic E-state index is 12.4. The Labute approximate surface area is 154 Å². The molecule has 7 heteroatoms. The van der Waals surface area contributed by atoms with Crippen LogP contribution in [0.3, 0.4) is 0 Å². The highest BCUT2D eigenvalue weighted by atomic mass is 16.5. The molecule has 7 nitrogen and oxygen atoms in total. The molecule has 1 aromatic heterocycles. The molecule has 0 aliphatic carbocycles. The number of ether oxygens (including phenoxy) is 1. The molecule has 0 radical (unpaired) electrons. The van der Waals surface area contributed by atoms with Gasteiger partial charge in [0.1, 0.15) is 5.75 Å². The van der Waals surface area contributed by atoms with Crippen molar-refractivity contribution < 1.29 is 9.53 Å². The lowest BCUT2D eigenvalue weighted by atomic mass is 10.2. The summed E-state index contributed by atoms with van der Waals surface area (Å²) in [5, 5.41) is 7.35. The lowest BCUT2D eigenvalue weighted by Gasteiger charge is -2.36. The number of methoxy groups -OCH3 is 1. The molecule has 1 amide bonds. The number of para-hydroxylation sites is 2. The average molecular weight is 357 g/mol. The predicted molar refractivity (Wildman–Crippen MR) is 103 cm³/mol. The number of carbonyl (C=O) groups is 1. The average Bonchev–Trinajstić information content (AvgIpc) is 2.88. The molecule has 0 atom stereocenters. The molecule has 2 heterocycles. The van der Waals surface area contributed by atoms with E-state index in [9.17, 15) is 4.79 Å². The number of nitrogens with zero attached hydrogens (tertiary/aromatic N) is 4. The Balaban J connectivity index is 1.54. The van der Waals surface area contributed by atoms with Crippen LogP contribution in [-0.4, -0.2) is 60.4 Å². The van der Waals surface area contributed by atoms with Gasteiger partial charge in [0.2, 0.25) is 5.91 Å². The summed E-state index contributed by atoms with van der Waals surface area (Å²) in [6.45, 7) is 7.70. The number of hydrogen-bond donors (Lipinski definition) is 1. The van der Waals surface area contributed by atoms with Crippen LogP contribution in [-0.2, 0) is 11.8 Å². The van der Waals surface area contributed by atoms with Crippen molar-refractivity contribution in [3.05, 3.63) is 35.7 Å². The molecular formula is C19H27N5O2. The molecule has 1 aromatic carbocycles. The summed E-state index contributed by atoms with van der Waals surface area (Å²) in [5.74, 6) is 0.899. The van der Waals surface area contributed by atoms with Gasteiger partial charge in [0.05, 0.1) is 36.4 Å². The zero-order chi connectivity index (χ0) is 18.7. The molecule has 0 bridgehead atoms. The van der Waals surface area contributed by atoms with Crippen molar-refractivity contribution in [1.29, 1.82) is 0 Å². The Kier molecular flexibility index (Phi) is 5.46. The Hall–Kier alpha value is -2.54. The second-order valence-corrected chi connectivity index (χ2v) is 6.65. The molecule has 1 aliphatic heterocycles. The summed E-state index contributed by atoms with van der Waals surface area (Å²) in [7, 11) is 3.58. The van der Waals surface area contributed by atoms with E-state index in [-0.39, 0.29) is 5.91 Å². The summed E-state index contributed by atoms with van der Waals surface area (Å²) in [6, 6.07) is 8.06. The number of nitrogens with one attached hydrogen (secondary N) is 1. The minimum Gasteiger partial charge on any atom is -0.495 e. The molecule has 0 unspecified atom stereocenters. The van der Waals surface area contributed by atoms with Gasteiger partial charge in [-0.3, -0.25) is 14.4 Å². The second-order valence-electron chi connectivity index (χ2n) is 6.65. The van der Waals surface area contributed by atoms with Gasteiger partial charge in [-0.2, -0.15) is 5.10 Å². The van der Waals surface area contributed by atoms with Gasteiger partial charge in [0.15, 0.2) is 0 Å². The fourth-order valence-electron chi connectivity index (χ4n) is 3.37. The standard InChI is InChI=1S/C19H27N5O2/c1-14-19(15(2)22(3)21-14)20-18(25)13-23-9-11-24(12-10-23)16-7-5-6-8-17(16)26-4/h5-8H,9-13H2,1-4H3,(H,20,25). The van der Waals surface area contributed by atoms with Gasteiger partial charge in [-0.15, -0.1) is 0 Å². The minimum absolute atomic E-state index is 0.00921. The first kappa shape index (κ1) is 18.3. The fraction of sp³-hybridized carbons (Fsp3) is 0.474. The highest BCUT2D eigenvalue weighted by Crippen LogP contribution is 2.28. The van der Waals surface area contributed by atoms with Crippen LogP contribution in [0.25, 0.3) is 0 Å². The first-order valence-electron chi connectivity index (χ1n) is 8.90. The van der Waals surface area contributed by atoms with Crippen LogP contribution in [0.5, 0.6) is 5.75 Å². The van der Waals surface area contributed by atoms with Crippen LogP contribution in [0, 0.1) is 13.8 Å². The highest BCUT2D eigenvalue weighted by Gasteiger charge is 2.22. The summed E-state index contributed by atoms with van der Waals surface area (Å²) < 4.78 is 7.24. The van der Waals surface area contributed by atoms with Crippen molar-refractivity contribution in [2.24, 2.45) is 7.05 Å². The lowest BCUT2D eigenvalue weighted by molar-refractivity contribution is -0.117. The van der Waals surface area contributed by atoms with E-state index in [1.54, 1.807) is 11.8 Å². The SMILES string of the molecule is COc1ccccc1N1CCN(CC(=O)Nc2c(C)nn(C)c2C)CC1. The third-order valence-electron chi connectivity index (χ3n) is 4.94. The van der Waals surface area contributed by atoms with Crippen molar-refractivity contribution in [2.75, 3.05) is 50.1 Å². The number of rotatable bonds is 5. The summed E-state index contributed by atoms with van der Waals surface area (Å²) in [6.07, 6.45) is 0. The third-order valence-corrected chi connectivity index (χ3v) is 4.94. The minimum atomic E-state index is 0.00921. The molecule has 0 saturated carbocycles. The van der Waals surface area contributed by atoms with Crippen LogP contribution < -0.4 is 15.0 Å². The molecule has 1 aliphatic rings. The van der Waals surface area contributed by atoms with E-state index < -0.39 is 0 Å². The van der Waals surface area contributed by atoms with E-state index in [0.29, 0.717) is 6.54 Å². The van der Waals surface area contributed by atoms with Crippen LogP contribution in [0.15, 0.2) is 24.3 Å². The highest BCUT2D eigenvalue weighted by molar-refractivity contribution is 5.93. The third kappa shape index (κ3) is 3.83. The monoisotopic (exact) mass is 357 g/mol. The van der Waals surface area contributed by atoms with Gasteiger partial charge < -0.3 is 15.0 Å². The number of aryl methyl sites for hydroxylation is 2. The predicted octanol–water partition coefficient (Wildman–Crippen LogP) is 1.81. The van der Waals surface area contributed by atoms with Crippen molar-refractivity contribution in [1.82, 2.24) is 14.7 Å². The van der Waals surface area contributed by atoms with E-state index in [1.165, 1.54) is 0 Å². The molecule has 1 fully saturated rings. The summed E-state index contributed by atoms with van der Waals surface area (Å²) >= 11 is 0. The van der Waals surface area contributed by atoms with Crippen LogP contribution in [0.2, 0.25) is 0 Å². The zero-order valence-corrected chi connectivity index (χ0v) is 16.0. The largest absolute Gasteiger partial charge is 0.495 e. The summed E-state index contributed by atoms with van der Waals surface area (Å²) in [4.78, 5) is 16.9. The van der Waals surface area contributed by atoms with Crippen molar-refractivity contribution in [3.63, 3.8) is 0 Å². The maximum Gasteiger partial charge on any atom is 0.238 e. The quantitative estimate of drug-likeness (QED) is 0.884. The van der Waals surface area contributed by atoms with Crippen LogP contribution in [0.1, 0.15) is 11.4 Å². The van der Waals surface area contributed by atoms with E-state index in [2.05, 4.69) is 26.3 Å². The number of carbonyl (C=O) groups excluding carboxylic acids is 1. The first-order valence-corrected chi connectivity index (χ1v) is 8.90. The van der Waals surface area contributed by atoms with E-state index in [4.69, 9.17) is 4.74 Å². The van der Waals surface area contributed by atoms with Gasteiger partial charge >= 0.3 is 0 Å². The Morgan fingerprint density at radius 1 is 1.19 bits per heavy atom. The van der Waals surface area contributed by atoms with Crippen molar-refractivity contribution in [2.45, 2.75) is 13.8 Å². The smallest absolute Gasteiger partial charge is 0.238 e. The van der Waals surface area contributed by atoms with E-state index in [1.807, 2.05) is 39.1 Å². The van der Waals surface area contributed by atoms with Gasteiger partial charge in [0.25, 0.3) is 0 Å². The number of amides is 1. The molecular weight excluding hydrogens is 330 g/mol. The Morgan fingerprint density at radius 2 is 1.88 bits per heavy atom. The van der Waals surface area contributed by atoms with Crippen LogP contribution >= 0.6 is 0 Å². The molecule has 1 N–H and O–H groups in total. The molecule has 3 rings (SSSR count). The summed E-state index contributed by atoms with van der Waals surface area (Å²) in [5.41, 5.74) is 3.75. The van der Waals surface area contributed by atoms with Gasteiger partial charge in [-0.05, 0) is 26.0 Å². The topological polar surface area (TPSA) is 62.6 Å². The first-order chi connectivity index (χ1) is 12.5.